The number of hydrogen-bond acceptors (Lipinski definition) is 3. The van der Waals surface area contributed by atoms with Crippen LogP contribution < -0.4 is 0 Å². The zero-order chi connectivity index (χ0) is 15.9. The highest BCUT2D eigenvalue weighted by molar-refractivity contribution is 6.74. The number of carbonyl (C=O) groups is 1. The average Bonchev–Trinajstić information content (AvgIpc) is 2.38. The molecule has 0 atom stereocenters. The van der Waals surface area contributed by atoms with Crippen molar-refractivity contribution in [2.75, 3.05) is 6.61 Å². The van der Waals surface area contributed by atoms with Crippen LogP contribution in [0.25, 0.3) is 0 Å². The third-order valence-electron chi connectivity index (χ3n) is 3.78. The molecule has 0 aliphatic carbocycles. The van der Waals surface area contributed by atoms with Crippen LogP contribution in [0.15, 0.2) is 42.7 Å². The summed E-state index contributed by atoms with van der Waals surface area (Å²) in [6, 6.07) is 9.80. The number of carbonyl (C=O) groups excluding carboxylic acids is 1. The maximum atomic E-state index is 11.7. The van der Waals surface area contributed by atoms with Crippen LogP contribution in [0.3, 0.4) is 0 Å². The predicted molar refractivity (Wildman–Crippen MR) is 88.5 cm³/mol. The smallest absolute Gasteiger partial charge is 0.249 e. The van der Waals surface area contributed by atoms with Crippen molar-refractivity contribution in [3.8, 4) is 0 Å². The summed E-state index contributed by atoms with van der Waals surface area (Å²) in [6.07, 6.45) is 3.00. The summed E-state index contributed by atoms with van der Waals surface area (Å²) < 4.78 is 11.2. The van der Waals surface area contributed by atoms with E-state index in [-0.39, 0.29) is 17.4 Å². The summed E-state index contributed by atoms with van der Waals surface area (Å²) in [5.41, 5.74) is 1.06. The average molecular weight is 306 g/mol. The third kappa shape index (κ3) is 6.27. The van der Waals surface area contributed by atoms with Gasteiger partial charge in [-0.25, -0.2) is 0 Å². The first kappa shape index (κ1) is 17.7. The molecule has 1 aromatic carbocycles. The molecule has 4 heteroatoms. The molecule has 3 nitrogen and oxygen atoms in total. The molecule has 0 N–H and O–H groups in total. The maximum absolute atomic E-state index is 11.7. The molecule has 21 heavy (non-hydrogen) atoms. The lowest BCUT2D eigenvalue weighted by atomic mass is 10.2. The number of ketones is 1. The summed E-state index contributed by atoms with van der Waals surface area (Å²) >= 11 is 0. The van der Waals surface area contributed by atoms with Gasteiger partial charge in [0.15, 0.2) is 5.78 Å². The highest BCUT2D eigenvalue weighted by Crippen LogP contribution is 2.36. The van der Waals surface area contributed by atoms with Gasteiger partial charge in [-0.2, -0.15) is 0 Å². The lowest BCUT2D eigenvalue weighted by Crippen LogP contribution is -2.39. The van der Waals surface area contributed by atoms with Crippen LogP contribution in [0.1, 0.15) is 26.3 Å². The fourth-order valence-electron chi connectivity index (χ4n) is 1.35. The number of ether oxygens (including phenoxy) is 1. The van der Waals surface area contributed by atoms with Crippen LogP contribution in [-0.4, -0.2) is 20.7 Å². The van der Waals surface area contributed by atoms with Gasteiger partial charge in [-0.15, -0.1) is 0 Å². The largest absolute Gasteiger partial charge is 0.549 e. The van der Waals surface area contributed by atoms with E-state index < -0.39 is 8.32 Å². The highest BCUT2D eigenvalue weighted by Gasteiger charge is 2.37. The molecule has 0 saturated carbocycles. The SMILES string of the molecule is CC(C)(C)[Si](C)(C)O/C=C/C(=O)COCc1ccccc1. The highest BCUT2D eigenvalue weighted by atomic mass is 28.4. The number of benzene rings is 1. The monoisotopic (exact) mass is 306 g/mol. The Morgan fingerprint density at radius 3 is 2.38 bits per heavy atom. The third-order valence-corrected chi connectivity index (χ3v) is 8.12. The van der Waals surface area contributed by atoms with E-state index in [2.05, 4.69) is 33.9 Å². The van der Waals surface area contributed by atoms with E-state index in [0.717, 1.165) is 5.56 Å². The first-order valence-corrected chi connectivity index (χ1v) is 10.1. The zero-order valence-electron chi connectivity index (χ0n) is 13.7. The minimum atomic E-state index is -1.84. The fourth-order valence-corrected chi connectivity index (χ4v) is 2.11. The summed E-state index contributed by atoms with van der Waals surface area (Å²) in [5, 5.41) is 0.129. The Morgan fingerprint density at radius 2 is 1.81 bits per heavy atom. The Bertz CT molecular complexity index is 473. The summed E-state index contributed by atoms with van der Waals surface area (Å²) in [4.78, 5) is 11.7. The molecule has 0 spiro atoms. The standard InChI is InChI=1S/C17H26O3Si/c1-17(2,3)21(4,5)20-12-11-16(18)14-19-13-15-9-7-6-8-10-15/h6-12H,13-14H2,1-5H3/b12-11+. The first-order chi connectivity index (χ1) is 9.72. The fraction of sp³-hybridized carbons (Fsp3) is 0.471. The molecule has 0 aliphatic rings. The van der Waals surface area contributed by atoms with Crippen LogP contribution >= 0.6 is 0 Å². The Hall–Kier alpha value is -1.39. The molecule has 0 amide bonds. The molecule has 0 saturated heterocycles. The molecule has 0 fully saturated rings. The van der Waals surface area contributed by atoms with Crippen LogP contribution in [0.5, 0.6) is 0 Å². The first-order valence-electron chi connectivity index (χ1n) is 7.21. The molecule has 0 heterocycles. The van der Waals surface area contributed by atoms with Crippen LogP contribution in [-0.2, 0) is 20.6 Å². The van der Waals surface area contributed by atoms with Gasteiger partial charge in [0, 0.05) is 6.08 Å². The van der Waals surface area contributed by atoms with Crippen molar-refractivity contribution < 1.29 is 14.0 Å². The second kappa shape index (κ2) is 7.57. The lowest BCUT2D eigenvalue weighted by Gasteiger charge is -2.34. The van der Waals surface area contributed by atoms with E-state index in [4.69, 9.17) is 9.16 Å². The summed E-state index contributed by atoms with van der Waals surface area (Å²) in [5.74, 6) is -0.0790. The van der Waals surface area contributed by atoms with E-state index in [1.165, 1.54) is 12.3 Å². The van der Waals surface area contributed by atoms with Gasteiger partial charge in [-0.05, 0) is 23.7 Å². The minimum Gasteiger partial charge on any atom is -0.549 e. The predicted octanol–water partition coefficient (Wildman–Crippen LogP) is 4.31. The quantitative estimate of drug-likeness (QED) is 0.428. The van der Waals surface area contributed by atoms with E-state index in [9.17, 15) is 4.79 Å². The van der Waals surface area contributed by atoms with Gasteiger partial charge in [0.05, 0.1) is 12.9 Å². The van der Waals surface area contributed by atoms with Gasteiger partial charge in [0.2, 0.25) is 8.32 Å². The Labute approximate surface area is 129 Å². The normalized spacial score (nSPS) is 12.6. The van der Waals surface area contributed by atoms with Gasteiger partial charge >= 0.3 is 0 Å². The molecular formula is C17H26O3Si. The van der Waals surface area contributed by atoms with E-state index in [0.29, 0.717) is 6.61 Å². The van der Waals surface area contributed by atoms with Crippen LogP contribution in [0.4, 0.5) is 0 Å². The zero-order valence-corrected chi connectivity index (χ0v) is 14.7. The Kier molecular flexibility index (Phi) is 6.36. The molecule has 0 unspecified atom stereocenters. The second-order valence-electron chi connectivity index (χ2n) is 6.63. The molecule has 0 aromatic heterocycles. The van der Waals surface area contributed by atoms with E-state index in [1.54, 1.807) is 0 Å². The van der Waals surface area contributed by atoms with Gasteiger partial charge < -0.3 is 9.16 Å². The molecule has 0 radical (unpaired) electrons. The molecule has 0 bridgehead atoms. The molecule has 1 rings (SSSR count). The number of rotatable bonds is 7. The van der Waals surface area contributed by atoms with Crippen molar-refractivity contribution in [3.63, 3.8) is 0 Å². The van der Waals surface area contributed by atoms with Crippen molar-refractivity contribution in [3.05, 3.63) is 48.2 Å². The van der Waals surface area contributed by atoms with Gasteiger partial charge in [0.1, 0.15) is 6.61 Å². The molecule has 1 aromatic rings. The maximum Gasteiger partial charge on any atom is 0.249 e. The van der Waals surface area contributed by atoms with Crippen molar-refractivity contribution in [1.29, 1.82) is 0 Å². The lowest BCUT2D eigenvalue weighted by molar-refractivity contribution is -0.119. The van der Waals surface area contributed by atoms with Gasteiger partial charge in [-0.1, -0.05) is 51.1 Å². The van der Waals surface area contributed by atoms with Gasteiger partial charge in [0.25, 0.3) is 0 Å². The topological polar surface area (TPSA) is 35.5 Å². The van der Waals surface area contributed by atoms with Crippen molar-refractivity contribution in [1.82, 2.24) is 0 Å². The Morgan fingerprint density at radius 1 is 1.19 bits per heavy atom. The molecule has 116 valence electrons. The molecule has 0 aliphatic heterocycles. The Balaban J connectivity index is 2.32. The second-order valence-corrected chi connectivity index (χ2v) is 11.4. The number of hydrogen-bond donors (Lipinski definition) is 0. The van der Waals surface area contributed by atoms with Crippen molar-refractivity contribution in [2.24, 2.45) is 0 Å². The summed E-state index contributed by atoms with van der Waals surface area (Å²) in [6.45, 7) is 11.3. The van der Waals surface area contributed by atoms with E-state index >= 15 is 0 Å². The summed E-state index contributed by atoms with van der Waals surface area (Å²) in [7, 11) is -1.84. The minimum absolute atomic E-state index is 0.0757. The van der Waals surface area contributed by atoms with Crippen molar-refractivity contribution in [2.45, 2.75) is 45.5 Å². The van der Waals surface area contributed by atoms with Crippen molar-refractivity contribution >= 4 is 14.1 Å². The van der Waals surface area contributed by atoms with Gasteiger partial charge in [-0.3, -0.25) is 4.79 Å². The molecular weight excluding hydrogens is 280 g/mol. The van der Waals surface area contributed by atoms with Crippen LogP contribution in [0, 0.1) is 0 Å². The van der Waals surface area contributed by atoms with E-state index in [1.807, 2.05) is 30.3 Å². The van der Waals surface area contributed by atoms with Crippen LogP contribution in [0.2, 0.25) is 18.1 Å².